The number of aromatic nitrogens is 1. The molecule has 0 saturated heterocycles. The molecule has 6 rings (SSSR count). The first-order valence-corrected chi connectivity index (χ1v) is 10.8. The average Bonchev–Trinajstić information content (AvgIpc) is 3.39. The summed E-state index contributed by atoms with van der Waals surface area (Å²) in [5, 5.41) is 2.90. The van der Waals surface area contributed by atoms with E-state index in [9.17, 15) is 13.6 Å². The van der Waals surface area contributed by atoms with Crippen LogP contribution >= 0.6 is 0 Å². The molecule has 3 N–H and O–H groups in total. The molecule has 2 aliphatic heterocycles. The van der Waals surface area contributed by atoms with Crippen molar-refractivity contribution in [3.8, 4) is 11.1 Å². The van der Waals surface area contributed by atoms with Crippen LogP contribution in [0.25, 0.3) is 11.1 Å². The number of nitrogens with two attached hydrogens (primary N) is 1. The van der Waals surface area contributed by atoms with Crippen LogP contribution in [0.2, 0.25) is 0 Å². The number of nitrogens with zero attached hydrogens (tertiary/aromatic N) is 1. The number of fused-ring (bicyclic) bond motifs is 8. The van der Waals surface area contributed by atoms with Crippen molar-refractivity contribution in [3.05, 3.63) is 118 Å². The largest absolute Gasteiger partial charge is 0.384 e. The van der Waals surface area contributed by atoms with Gasteiger partial charge in [0.1, 0.15) is 29.7 Å². The van der Waals surface area contributed by atoms with Gasteiger partial charge >= 0.3 is 0 Å². The molecule has 2 atom stereocenters. The van der Waals surface area contributed by atoms with Crippen LogP contribution in [-0.4, -0.2) is 10.9 Å². The topological polar surface area (TPSA) is 77.2 Å². The molecule has 3 aromatic carbocycles. The molecule has 1 amide bonds. The first-order chi connectivity index (χ1) is 16.5. The van der Waals surface area contributed by atoms with E-state index in [1.165, 1.54) is 12.1 Å². The molecule has 0 spiro atoms. The number of benzene rings is 3. The Labute approximate surface area is 194 Å². The van der Waals surface area contributed by atoms with Gasteiger partial charge in [0, 0.05) is 29.9 Å². The lowest BCUT2D eigenvalue weighted by Gasteiger charge is -2.18. The van der Waals surface area contributed by atoms with E-state index in [1.54, 1.807) is 24.4 Å². The van der Waals surface area contributed by atoms with Crippen LogP contribution in [0.1, 0.15) is 50.4 Å². The van der Waals surface area contributed by atoms with Gasteiger partial charge in [0.2, 0.25) is 0 Å². The summed E-state index contributed by atoms with van der Waals surface area (Å²) in [4.78, 5) is 16.7. The van der Waals surface area contributed by atoms with Gasteiger partial charge in [-0.1, -0.05) is 18.2 Å². The van der Waals surface area contributed by atoms with Crippen LogP contribution in [0.4, 0.5) is 14.6 Å². The minimum Gasteiger partial charge on any atom is -0.384 e. The third-order valence-corrected chi connectivity index (χ3v) is 6.38. The Morgan fingerprint density at radius 2 is 1.68 bits per heavy atom. The number of amides is 1. The number of rotatable bonds is 4. The van der Waals surface area contributed by atoms with Crippen LogP contribution in [0.3, 0.4) is 0 Å². The Morgan fingerprint density at radius 3 is 2.47 bits per heavy atom. The summed E-state index contributed by atoms with van der Waals surface area (Å²) in [6.45, 7) is 0.334. The molecule has 5 nitrogen and oxygen atoms in total. The molecule has 4 aromatic rings. The summed E-state index contributed by atoms with van der Waals surface area (Å²) in [5.74, 6) is -1.03. The zero-order valence-electron chi connectivity index (χ0n) is 17.9. The van der Waals surface area contributed by atoms with E-state index >= 15 is 0 Å². The highest BCUT2D eigenvalue weighted by atomic mass is 19.1. The molecule has 0 radical (unpaired) electrons. The van der Waals surface area contributed by atoms with Crippen molar-refractivity contribution in [2.24, 2.45) is 0 Å². The number of anilines is 1. The summed E-state index contributed by atoms with van der Waals surface area (Å²) >= 11 is 0. The predicted octanol–water partition coefficient (Wildman–Crippen LogP) is 5.06. The Balaban J connectivity index is 1.27. The zero-order valence-corrected chi connectivity index (χ0v) is 17.9. The number of hydrogen-bond donors (Lipinski definition) is 2. The van der Waals surface area contributed by atoms with Crippen molar-refractivity contribution in [1.82, 2.24) is 10.3 Å². The number of hydrogen-bond acceptors (Lipinski definition) is 4. The Morgan fingerprint density at radius 1 is 0.912 bits per heavy atom. The summed E-state index contributed by atoms with van der Waals surface area (Å²) in [7, 11) is 0. The van der Waals surface area contributed by atoms with E-state index in [2.05, 4.69) is 10.3 Å². The predicted molar refractivity (Wildman–Crippen MR) is 123 cm³/mol. The zero-order chi connectivity index (χ0) is 23.4. The van der Waals surface area contributed by atoms with Gasteiger partial charge in [-0.3, -0.25) is 4.79 Å². The molecule has 0 saturated carbocycles. The number of carbonyl (C=O) groups excluding carboxylic acids is 1. The van der Waals surface area contributed by atoms with E-state index in [4.69, 9.17) is 10.5 Å². The van der Waals surface area contributed by atoms with Crippen molar-refractivity contribution >= 4 is 11.7 Å². The van der Waals surface area contributed by atoms with Gasteiger partial charge in [-0.05, 0) is 75.8 Å². The monoisotopic (exact) mass is 455 g/mol. The van der Waals surface area contributed by atoms with Crippen LogP contribution in [0, 0.1) is 11.6 Å². The molecule has 1 aromatic heterocycles. The minimum atomic E-state index is -0.614. The Hall–Kier alpha value is -4.10. The maximum absolute atomic E-state index is 14.3. The summed E-state index contributed by atoms with van der Waals surface area (Å²) in [5.41, 5.74) is 12.0. The number of carbonyl (C=O) groups is 1. The lowest BCUT2D eigenvalue weighted by molar-refractivity contribution is 0.0857. The molecule has 0 aliphatic carbocycles. The third-order valence-electron chi connectivity index (χ3n) is 6.38. The molecule has 2 unspecified atom stereocenters. The first kappa shape index (κ1) is 20.5. The number of nitrogen functional groups attached to an aromatic ring is 1. The van der Waals surface area contributed by atoms with Gasteiger partial charge < -0.3 is 15.8 Å². The van der Waals surface area contributed by atoms with Gasteiger partial charge in [0.15, 0.2) is 0 Å². The van der Waals surface area contributed by atoms with Gasteiger partial charge in [-0.2, -0.15) is 0 Å². The molecular formula is C27H19F2N3O2. The molecule has 168 valence electrons. The maximum Gasteiger partial charge on any atom is 0.251 e. The first-order valence-electron chi connectivity index (χ1n) is 10.8. The average molecular weight is 455 g/mol. The van der Waals surface area contributed by atoms with Crippen molar-refractivity contribution in [3.63, 3.8) is 0 Å². The van der Waals surface area contributed by atoms with Gasteiger partial charge in [-0.15, -0.1) is 0 Å². The van der Waals surface area contributed by atoms with Gasteiger partial charge in [0.05, 0.1) is 0 Å². The van der Waals surface area contributed by atoms with Crippen molar-refractivity contribution in [2.75, 3.05) is 5.73 Å². The molecule has 3 heterocycles. The fourth-order valence-electron chi connectivity index (χ4n) is 4.77. The maximum atomic E-state index is 14.3. The van der Waals surface area contributed by atoms with E-state index < -0.39 is 11.6 Å². The van der Waals surface area contributed by atoms with Crippen LogP contribution < -0.4 is 11.1 Å². The number of ether oxygens (including phenoxy) is 1. The molecule has 34 heavy (non-hydrogen) atoms. The summed E-state index contributed by atoms with van der Waals surface area (Å²) in [6.07, 6.45) is 1.04. The summed E-state index contributed by atoms with van der Waals surface area (Å²) < 4.78 is 33.9. The van der Waals surface area contributed by atoms with Crippen molar-refractivity contribution in [1.29, 1.82) is 0 Å². The number of halogens is 2. The molecule has 2 aliphatic rings. The van der Waals surface area contributed by atoms with Crippen molar-refractivity contribution in [2.45, 2.75) is 18.8 Å². The highest BCUT2D eigenvalue weighted by Crippen LogP contribution is 2.54. The van der Waals surface area contributed by atoms with E-state index in [0.29, 0.717) is 29.1 Å². The normalized spacial score (nSPS) is 17.4. The second-order valence-electron chi connectivity index (χ2n) is 8.48. The van der Waals surface area contributed by atoms with Crippen LogP contribution in [-0.2, 0) is 11.3 Å². The highest BCUT2D eigenvalue weighted by molar-refractivity contribution is 5.94. The molecule has 2 bridgehead atoms. The smallest absolute Gasteiger partial charge is 0.251 e. The Kier molecular flexibility index (Phi) is 4.67. The van der Waals surface area contributed by atoms with E-state index in [0.717, 1.165) is 33.9 Å². The standard InChI is InChI=1S/C27H19F2N3O2/c28-17-3-6-18(23(29)12-17)15-1-4-19-21(10-15)26-22-11-16(2-5-20(22)25(19)34-26)27(33)32-13-14-7-8-31-24(30)9-14/h1-12,25-26H,13H2,(H2,30,31)(H,32,33). The van der Waals surface area contributed by atoms with E-state index in [1.807, 2.05) is 30.3 Å². The van der Waals surface area contributed by atoms with Gasteiger partial charge in [-0.25, -0.2) is 13.8 Å². The molecule has 7 heteroatoms. The lowest BCUT2D eigenvalue weighted by atomic mass is 9.83. The molecule has 0 fully saturated rings. The highest BCUT2D eigenvalue weighted by Gasteiger charge is 2.43. The van der Waals surface area contributed by atoms with Crippen LogP contribution in [0.15, 0.2) is 72.9 Å². The van der Waals surface area contributed by atoms with Crippen molar-refractivity contribution < 1.29 is 18.3 Å². The number of pyridine rings is 1. The second kappa shape index (κ2) is 7.74. The lowest BCUT2D eigenvalue weighted by Crippen LogP contribution is -2.23. The fourth-order valence-corrected chi connectivity index (χ4v) is 4.77. The minimum absolute atomic E-state index is 0.205. The fraction of sp³-hybridized carbons (Fsp3) is 0.111. The number of nitrogens with one attached hydrogen (secondary N) is 1. The quantitative estimate of drug-likeness (QED) is 0.451. The summed E-state index contributed by atoms with van der Waals surface area (Å²) in [6, 6.07) is 18.3. The SMILES string of the molecule is Nc1cc(CNC(=O)c2ccc3c(c2)C2OC3c3ccc(-c4ccc(F)cc4F)cc32)ccn1. The van der Waals surface area contributed by atoms with Crippen LogP contribution in [0.5, 0.6) is 0 Å². The third kappa shape index (κ3) is 3.33. The molecular weight excluding hydrogens is 436 g/mol. The van der Waals surface area contributed by atoms with Gasteiger partial charge in [0.25, 0.3) is 5.91 Å². The Bertz CT molecular complexity index is 1470. The second-order valence-corrected chi connectivity index (χ2v) is 8.48. The van der Waals surface area contributed by atoms with E-state index in [-0.39, 0.29) is 18.1 Å².